The molecule has 0 aliphatic rings. The molecule has 0 atom stereocenters. The molecule has 0 N–H and O–H groups in total. The standard InChI is InChI=1S/C17H19F/c1-2-3-5-10-15-11-12-16(13-17(15)18)14-8-6-4-7-9-14/h4,6-9,11-13H,2-3,5,10H2,1H3. The molecule has 0 nitrogen and oxygen atoms in total. The highest BCUT2D eigenvalue weighted by molar-refractivity contribution is 5.63. The molecule has 0 spiro atoms. The van der Waals surface area contributed by atoms with Crippen LogP contribution >= 0.6 is 0 Å². The van der Waals surface area contributed by atoms with E-state index < -0.39 is 0 Å². The highest BCUT2D eigenvalue weighted by atomic mass is 19.1. The Kier molecular flexibility index (Phi) is 4.52. The third-order valence-corrected chi connectivity index (χ3v) is 3.21. The predicted molar refractivity (Wildman–Crippen MR) is 75.1 cm³/mol. The largest absolute Gasteiger partial charge is 0.207 e. The monoisotopic (exact) mass is 242 g/mol. The second kappa shape index (κ2) is 6.34. The molecule has 0 unspecified atom stereocenters. The van der Waals surface area contributed by atoms with Gasteiger partial charge in [-0.05, 0) is 35.6 Å². The lowest BCUT2D eigenvalue weighted by molar-refractivity contribution is 0.599. The lowest BCUT2D eigenvalue weighted by Gasteiger charge is -2.06. The lowest BCUT2D eigenvalue weighted by Crippen LogP contribution is -1.91. The fourth-order valence-corrected chi connectivity index (χ4v) is 2.13. The minimum atomic E-state index is -0.0764. The molecule has 2 aromatic rings. The van der Waals surface area contributed by atoms with Crippen molar-refractivity contribution in [2.75, 3.05) is 0 Å². The molecule has 0 fully saturated rings. The van der Waals surface area contributed by atoms with Gasteiger partial charge >= 0.3 is 0 Å². The Hall–Kier alpha value is -1.63. The summed E-state index contributed by atoms with van der Waals surface area (Å²) in [5, 5.41) is 0. The van der Waals surface area contributed by atoms with Gasteiger partial charge in [0.15, 0.2) is 0 Å². The SMILES string of the molecule is CCCCCc1ccc(-c2ccccc2)cc1F. The van der Waals surface area contributed by atoms with Crippen molar-refractivity contribution >= 4 is 0 Å². The van der Waals surface area contributed by atoms with Crippen LogP contribution in [0.15, 0.2) is 48.5 Å². The van der Waals surface area contributed by atoms with Crippen molar-refractivity contribution in [3.63, 3.8) is 0 Å². The number of rotatable bonds is 5. The third-order valence-electron chi connectivity index (χ3n) is 3.21. The molecule has 2 rings (SSSR count). The molecule has 0 heterocycles. The van der Waals surface area contributed by atoms with Crippen LogP contribution in [0.25, 0.3) is 11.1 Å². The molecule has 94 valence electrons. The summed E-state index contributed by atoms with van der Waals surface area (Å²) in [6.45, 7) is 2.16. The van der Waals surface area contributed by atoms with Gasteiger partial charge in [-0.1, -0.05) is 62.2 Å². The average Bonchev–Trinajstić information content (AvgIpc) is 2.42. The van der Waals surface area contributed by atoms with Gasteiger partial charge in [-0.3, -0.25) is 0 Å². The van der Waals surface area contributed by atoms with E-state index >= 15 is 0 Å². The van der Waals surface area contributed by atoms with Crippen molar-refractivity contribution in [1.82, 2.24) is 0 Å². The van der Waals surface area contributed by atoms with E-state index in [1.165, 1.54) is 12.8 Å². The molecule has 18 heavy (non-hydrogen) atoms. The third kappa shape index (κ3) is 3.19. The molecule has 0 bridgehead atoms. The Balaban J connectivity index is 2.15. The van der Waals surface area contributed by atoms with E-state index in [1.807, 2.05) is 42.5 Å². The Bertz CT molecular complexity index is 488. The van der Waals surface area contributed by atoms with Crippen LogP contribution in [-0.4, -0.2) is 0 Å². The summed E-state index contributed by atoms with van der Waals surface area (Å²) in [5.74, 6) is -0.0764. The van der Waals surface area contributed by atoms with Crippen molar-refractivity contribution in [2.24, 2.45) is 0 Å². The van der Waals surface area contributed by atoms with Crippen molar-refractivity contribution in [1.29, 1.82) is 0 Å². The van der Waals surface area contributed by atoms with Crippen LogP contribution in [0.3, 0.4) is 0 Å². The number of halogens is 1. The Morgan fingerprint density at radius 3 is 2.33 bits per heavy atom. The van der Waals surface area contributed by atoms with Gasteiger partial charge in [0, 0.05) is 0 Å². The summed E-state index contributed by atoms with van der Waals surface area (Å²) in [5.41, 5.74) is 2.85. The van der Waals surface area contributed by atoms with E-state index in [2.05, 4.69) is 6.92 Å². The van der Waals surface area contributed by atoms with Crippen molar-refractivity contribution in [3.8, 4) is 11.1 Å². The van der Waals surface area contributed by atoms with Crippen LogP contribution in [0.5, 0.6) is 0 Å². The van der Waals surface area contributed by atoms with Crippen LogP contribution in [-0.2, 0) is 6.42 Å². The van der Waals surface area contributed by atoms with Crippen LogP contribution < -0.4 is 0 Å². The maximum absolute atomic E-state index is 14.0. The summed E-state index contributed by atoms with van der Waals surface area (Å²) >= 11 is 0. The summed E-state index contributed by atoms with van der Waals surface area (Å²) in [6.07, 6.45) is 4.25. The van der Waals surface area contributed by atoms with Gasteiger partial charge in [0.2, 0.25) is 0 Å². The van der Waals surface area contributed by atoms with Gasteiger partial charge in [-0.15, -0.1) is 0 Å². The van der Waals surface area contributed by atoms with Crippen molar-refractivity contribution in [3.05, 3.63) is 59.9 Å². The molecule has 1 heteroatoms. The molecular formula is C17H19F. The predicted octanol–water partition coefficient (Wildman–Crippen LogP) is 5.23. The molecule has 0 aromatic heterocycles. The first-order valence-corrected chi connectivity index (χ1v) is 6.65. The summed E-state index contributed by atoms with van der Waals surface area (Å²) in [6, 6.07) is 15.5. The average molecular weight is 242 g/mol. The van der Waals surface area contributed by atoms with Gasteiger partial charge in [-0.2, -0.15) is 0 Å². The lowest BCUT2D eigenvalue weighted by atomic mass is 10.0. The van der Waals surface area contributed by atoms with Crippen molar-refractivity contribution in [2.45, 2.75) is 32.6 Å². The second-order valence-electron chi connectivity index (χ2n) is 4.63. The second-order valence-corrected chi connectivity index (χ2v) is 4.63. The van der Waals surface area contributed by atoms with Crippen LogP contribution in [0, 0.1) is 5.82 Å². The Morgan fingerprint density at radius 1 is 0.889 bits per heavy atom. The van der Waals surface area contributed by atoms with E-state index in [4.69, 9.17) is 0 Å². The van der Waals surface area contributed by atoms with Gasteiger partial charge in [0.05, 0.1) is 0 Å². The molecule has 0 saturated heterocycles. The number of unbranched alkanes of at least 4 members (excludes halogenated alkanes) is 2. The molecule has 2 aromatic carbocycles. The Labute approximate surface area is 108 Å². The zero-order valence-electron chi connectivity index (χ0n) is 10.8. The van der Waals surface area contributed by atoms with Gasteiger partial charge < -0.3 is 0 Å². The first-order chi connectivity index (χ1) is 8.81. The molecule has 0 amide bonds. The van der Waals surface area contributed by atoms with Gasteiger partial charge in [-0.25, -0.2) is 4.39 Å². The zero-order valence-corrected chi connectivity index (χ0v) is 10.8. The van der Waals surface area contributed by atoms with Crippen molar-refractivity contribution < 1.29 is 4.39 Å². The van der Waals surface area contributed by atoms with E-state index in [-0.39, 0.29) is 5.82 Å². The summed E-state index contributed by atoms with van der Waals surface area (Å²) in [4.78, 5) is 0. The van der Waals surface area contributed by atoms with Crippen LogP contribution in [0.1, 0.15) is 31.7 Å². The normalized spacial score (nSPS) is 10.6. The molecule has 0 aliphatic heterocycles. The van der Waals surface area contributed by atoms with Crippen LogP contribution in [0.4, 0.5) is 4.39 Å². The first-order valence-electron chi connectivity index (χ1n) is 6.65. The molecular weight excluding hydrogens is 223 g/mol. The van der Waals surface area contributed by atoms with E-state index in [0.29, 0.717) is 0 Å². The molecule has 0 aliphatic carbocycles. The topological polar surface area (TPSA) is 0 Å². The van der Waals surface area contributed by atoms with E-state index in [9.17, 15) is 4.39 Å². The Morgan fingerprint density at radius 2 is 1.67 bits per heavy atom. The molecule has 0 radical (unpaired) electrons. The quantitative estimate of drug-likeness (QED) is 0.630. The first kappa shape index (κ1) is 12.8. The van der Waals surface area contributed by atoms with E-state index in [0.717, 1.165) is 29.5 Å². The molecule has 0 saturated carbocycles. The fourth-order valence-electron chi connectivity index (χ4n) is 2.13. The minimum Gasteiger partial charge on any atom is -0.207 e. The van der Waals surface area contributed by atoms with Crippen LogP contribution in [0.2, 0.25) is 0 Å². The van der Waals surface area contributed by atoms with Gasteiger partial charge in [0.25, 0.3) is 0 Å². The highest BCUT2D eigenvalue weighted by Gasteiger charge is 2.04. The highest BCUT2D eigenvalue weighted by Crippen LogP contribution is 2.22. The fraction of sp³-hybridized carbons (Fsp3) is 0.294. The summed E-state index contributed by atoms with van der Waals surface area (Å²) in [7, 11) is 0. The van der Waals surface area contributed by atoms with E-state index in [1.54, 1.807) is 6.07 Å². The number of benzene rings is 2. The minimum absolute atomic E-state index is 0.0764. The maximum Gasteiger partial charge on any atom is 0.127 e. The number of hydrogen-bond donors (Lipinski definition) is 0. The zero-order chi connectivity index (χ0) is 12.8. The summed E-state index contributed by atoms with van der Waals surface area (Å²) < 4.78 is 14.0. The number of hydrogen-bond acceptors (Lipinski definition) is 0. The number of aryl methyl sites for hydroxylation is 1. The van der Waals surface area contributed by atoms with Gasteiger partial charge in [0.1, 0.15) is 5.82 Å². The maximum atomic E-state index is 14.0. The smallest absolute Gasteiger partial charge is 0.127 e.